The number of rotatable bonds is 3. The lowest BCUT2D eigenvalue weighted by Crippen LogP contribution is -2.46. The fraction of sp³-hybridized carbons (Fsp3) is 1.00. The monoisotopic (exact) mass is 133 g/mol. The van der Waals surface area contributed by atoms with Gasteiger partial charge in [-0.25, -0.2) is 0 Å². The van der Waals surface area contributed by atoms with Crippen molar-refractivity contribution in [1.29, 1.82) is 0 Å². The van der Waals surface area contributed by atoms with Gasteiger partial charge in [0.15, 0.2) is 0 Å². The van der Waals surface area contributed by atoms with E-state index in [4.69, 9.17) is 10.8 Å². The van der Waals surface area contributed by atoms with Crippen molar-refractivity contribution in [1.82, 2.24) is 0 Å². The van der Waals surface area contributed by atoms with Crippen molar-refractivity contribution in [3.63, 3.8) is 0 Å². The number of hydrogen-bond acceptors (Lipinski definition) is 3. The van der Waals surface area contributed by atoms with Gasteiger partial charge < -0.3 is 15.9 Å². The smallest absolute Gasteiger partial charge is 0.118 e. The molecular formula is C6H15NO2. The molecule has 9 heavy (non-hydrogen) atoms. The second-order valence-corrected chi connectivity index (χ2v) is 2.43. The molecule has 0 amide bonds. The van der Waals surface area contributed by atoms with E-state index in [0.29, 0.717) is 6.42 Å². The van der Waals surface area contributed by atoms with Gasteiger partial charge in [-0.3, -0.25) is 0 Å². The first-order valence-electron chi connectivity index (χ1n) is 3.16. The summed E-state index contributed by atoms with van der Waals surface area (Å²) >= 11 is 0. The van der Waals surface area contributed by atoms with Gasteiger partial charge in [0.05, 0.1) is 0 Å². The second-order valence-electron chi connectivity index (χ2n) is 2.43. The van der Waals surface area contributed by atoms with Crippen LogP contribution in [0.1, 0.15) is 20.3 Å². The highest BCUT2D eigenvalue weighted by Gasteiger charge is 2.25. The Balaban J connectivity index is 3.80. The minimum absolute atomic E-state index is 0.0686. The summed E-state index contributed by atoms with van der Waals surface area (Å²) in [7, 11) is 0. The van der Waals surface area contributed by atoms with Crippen LogP contribution < -0.4 is 5.73 Å². The molecule has 4 N–H and O–H groups in total. The minimum atomic E-state index is -1.20. The second kappa shape index (κ2) is 3.15. The van der Waals surface area contributed by atoms with Crippen molar-refractivity contribution in [3.05, 3.63) is 0 Å². The summed E-state index contributed by atoms with van der Waals surface area (Å²) < 4.78 is 0. The summed E-state index contributed by atoms with van der Waals surface area (Å²) in [5, 5.41) is 17.8. The van der Waals surface area contributed by atoms with E-state index < -0.39 is 5.72 Å². The molecule has 0 aliphatic carbocycles. The largest absolute Gasteiger partial charge is 0.396 e. The van der Waals surface area contributed by atoms with E-state index in [2.05, 4.69) is 0 Å². The number of aliphatic hydroxyl groups is 2. The topological polar surface area (TPSA) is 66.5 Å². The number of aliphatic hydroxyl groups excluding tert-OH is 1. The van der Waals surface area contributed by atoms with Crippen LogP contribution in [0.2, 0.25) is 0 Å². The van der Waals surface area contributed by atoms with E-state index in [1.54, 1.807) is 13.8 Å². The first-order valence-corrected chi connectivity index (χ1v) is 3.16. The van der Waals surface area contributed by atoms with Crippen LogP contribution in [-0.2, 0) is 0 Å². The van der Waals surface area contributed by atoms with Crippen LogP contribution in [0.4, 0.5) is 0 Å². The van der Waals surface area contributed by atoms with Crippen molar-refractivity contribution >= 4 is 0 Å². The maximum absolute atomic E-state index is 9.21. The lowest BCUT2D eigenvalue weighted by Gasteiger charge is -2.26. The molecule has 0 fully saturated rings. The van der Waals surface area contributed by atoms with Crippen molar-refractivity contribution in [3.8, 4) is 0 Å². The summed E-state index contributed by atoms with van der Waals surface area (Å²) in [6.07, 6.45) is 0.467. The maximum atomic E-state index is 9.21. The molecule has 0 rings (SSSR count). The van der Waals surface area contributed by atoms with Crippen molar-refractivity contribution in [2.75, 3.05) is 6.61 Å². The van der Waals surface area contributed by atoms with Gasteiger partial charge in [-0.05, 0) is 6.42 Å². The average molecular weight is 133 g/mol. The predicted octanol–water partition coefficient (Wildman–Crippen LogP) is -0.328. The van der Waals surface area contributed by atoms with Gasteiger partial charge in [0.2, 0.25) is 0 Å². The quantitative estimate of drug-likeness (QED) is 0.462. The Hall–Kier alpha value is -0.120. The molecular weight excluding hydrogens is 118 g/mol. The SMILES string of the molecule is CCC(N)(O)C(C)CO. The standard InChI is InChI=1S/C6H15NO2/c1-3-6(7,9)5(2)4-8/h5,8-9H,3-4,7H2,1-2H3. The number of hydrogen-bond donors (Lipinski definition) is 3. The zero-order valence-corrected chi connectivity index (χ0v) is 5.96. The van der Waals surface area contributed by atoms with Crippen molar-refractivity contribution in [2.24, 2.45) is 11.7 Å². The Kier molecular flexibility index (Phi) is 3.11. The van der Waals surface area contributed by atoms with Crippen LogP contribution in [0, 0.1) is 5.92 Å². The Bertz CT molecular complexity index is 83.1. The average Bonchev–Trinajstić information content (AvgIpc) is 1.86. The fourth-order valence-corrected chi connectivity index (χ4v) is 0.507. The van der Waals surface area contributed by atoms with E-state index in [-0.39, 0.29) is 12.5 Å². The lowest BCUT2D eigenvalue weighted by molar-refractivity contribution is -0.0299. The lowest BCUT2D eigenvalue weighted by atomic mass is 9.97. The molecule has 56 valence electrons. The molecule has 0 aliphatic rings. The maximum Gasteiger partial charge on any atom is 0.118 e. The van der Waals surface area contributed by atoms with E-state index >= 15 is 0 Å². The van der Waals surface area contributed by atoms with Gasteiger partial charge in [-0.15, -0.1) is 0 Å². The molecule has 2 atom stereocenters. The van der Waals surface area contributed by atoms with Crippen molar-refractivity contribution < 1.29 is 10.2 Å². The molecule has 0 aliphatic heterocycles. The number of nitrogens with two attached hydrogens (primary N) is 1. The Morgan fingerprint density at radius 3 is 2.22 bits per heavy atom. The predicted molar refractivity (Wildman–Crippen MR) is 35.7 cm³/mol. The Labute approximate surface area is 55.5 Å². The van der Waals surface area contributed by atoms with Gasteiger partial charge in [0, 0.05) is 12.5 Å². The Morgan fingerprint density at radius 1 is 1.67 bits per heavy atom. The highest BCUT2D eigenvalue weighted by atomic mass is 16.3. The van der Waals surface area contributed by atoms with Crippen LogP contribution in [-0.4, -0.2) is 22.5 Å². The zero-order valence-electron chi connectivity index (χ0n) is 5.96. The van der Waals surface area contributed by atoms with Crippen LogP contribution >= 0.6 is 0 Å². The van der Waals surface area contributed by atoms with E-state index in [0.717, 1.165) is 0 Å². The summed E-state index contributed by atoms with van der Waals surface area (Å²) in [5.74, 6) is -0.248. The summed E-state index contributed by atoms with van der Waals surface area (Å²) in [6.45, 7) is 3.43. The molecule has 2 unspecified atom stereocenters. The highest BCUT2D eigenvalue weighted by molar-refractivity contribution is 4.74. The van der Waals surface area contributed by atoms with Gasteiger partial charge in [-0.2, -0.15) is 0 Å². The van der Waals surface area contributed by atoms with E-state index in [1.807, 2.05) is 0 Å². The first-order chi connectivity index (χ1) is 4.04. The van der Waals surface area contributed by atoms with Crippen LogP contribution in [0.25, 0.3) is 0 Å². The van der Waals surface area contributed by atoms with Crippen LogP contribution in [0.5, 0.6) is 0 Å². The van der Waals surface area contributed by atoms with Gasteiger partial charge >= 0.3 is 0 Å². The van der Waals surface area contributed by atoms with E-state index in [9.17, 15) is 5.11 Å². The van der Waals surface area contributed by atoms with Crippen LogP contribution in [0.15, 0.2) is 0 Å². The third-order valence-electron chi connectivity index (χ3n) is 1.69. The van der Waals surface area contributed by atoms with Gasteiger partial charge in [0.25, 0.3) is 0 Å². The molecule has 0 aromatic heterocycles. The Morgan fingerprint density at radius 2 is 2.11 bits per heavy atom. The molecule has 0 spiro atoms. The fourth-order valence-electron chi connectivity index (χ4n) is 0.507. The molecule has 0 saturated heterocycles. The highest BCUT2D eigenvalue weighted by Crippen LogP contribution is 2.13. The third-order valence-corrected chi connectivity index (χ3v) is 1.69. The molecule has 0 aromatic carbocycles. The molecule has 0 saturated carbocycles. The normalized spacial score (nSPS) is 21.0. The third kappa shape index (κ3) is 2.30. The summed E-state index contributed by atoms with van der Waals surface area (Å²) in [5.41, 5.74) is 4.17. The summed E-state index contributed by atoms with van der Waals surface area (Å²) in [4.78, 5) is 0. The minimum Gasteiger partial charge on any atom is -0.396 e. The molecule has 3 nitrogen and oxygen atoms in total. The summed E-state index contributed by atoms with van der Waals surface area (Å²) in [6, 6.07) is 0. The molecule has 0 bridgehead atoms. The molecule has 0 heterocycles. The molecule has 3 heteroatoms. The first kappa shape index (κ1) is 8.88. The zero-order chi connectivity index (χ0) is 7.49. The van der Waals surface area contributed by atoms with Gasteiger partial charge in [0.1, 0.15) is 5.72 Å². The molecule has 0 radical (unpaired) electrons. The van der Waals surface area contributed by atoms with Crippen LogP contribution in [0.3, 0.4) is 0 Å². The van der Waals surface area contributed by atoms with Gasteiger partial charge in [-0.1, -0.05) is 13.8 Å². The molecule has 0 aromatic rings. The van der Waals surface area contributed by atoms with E-state index in [1.165, 1.54) is 0 Å². The van der Waals surface area contributed by atoms with Crippen molar-refractivity contribution in [2.45, 2.75) is 26.0 Å².